The van der Waals surface area contributed by atoms with Crippen molar-refractivity contribution in [3.8, 4) is 0 Å². The zero-order valence-corrected chi connectivity index (χ0v) is 20.5. The molecule has 0 atom stereocenters. The van der Waals surface area contributed by atoms with Gasteiger partial charge in [0.05, 0.1) is 0 Å². The molecular weight excluding hydrogens is 428 g/mol. The molecule has 5 rings (SSSR count). The highest BCUT2D eigenvalue weighted by Gasteiger charge is 2.46. The minimum atomic E-state index is 0.0224. The molecule has 0 saturated carbocycles. The molecule has 1 spiro atoms. The second-order valence-electron chi connectivity index (χ2n) is 9.97. The van der Waals surface area contributed by atoms with Crippen LogP contribution >= 0.6 is 11.6 Å². The third kappa shape index (κ3) is 4.32. The lowest BCUT2D eigenvalue weighted by Gasteiger charge is -2.40. The molecule has 2 heterocycles. The molecule has 0 unspecified atom stereocenters. The van der Waals surface area contributed by atoms with Crippen molar-refractivity contribution in [2.75, 3.05) is 24.5 Å². The number of carbonyl (C=O) groups is 1. The highest BCUT2D eigenvalue weighted by Crippen LogP contribution is 2.48. The quantitative estimate of drug-likeness (QED) is 0.449. The van der Waals surface area contributed by atoms with Gasteiger partial charge in [-0.2, -0.15) is 0 Å². The van der Waals surface area contributed by atoms with Crippen LogP contribution in [0.5, 0.6) is 0 Å². The third-order valence-electron chi connectivity index (χ3n) is 7.29. The zero-order chi connectivity index (χ0) is 23.2. The molecule has 0 bridgehead atoms. The van der Waals surface area contributed by atoms with E-state index in [0.717, 1.165) is 44.7 Å². The molecule has 0 aliphatic carbocycles. The summed E-state index contributed by atoms with van der Waals surface area (Å²) in [6, 6.07) is 20.7. The Kier molecular flexibility index (Phi) is 5.80. The van der Waals surface area contributed by atoms with E-state index in [0.29, 0.717) is 10.6 Å². The number of nitrogens with zero attached hydrogens (tertiary/aromatic N) is 2. The summed E-state index contributed by atoms with van der Waals surface area (Å²) in [6.07, 6.45) is 2.13. The molecule has 0 N–H and O–H groups in total. The van der Waals surface area contributed by atoms with Crippen LogP contribution in [-0.4, -0.2) is 30.4 Å². The van der Waals surface area contributed by atoms with E-state index in [9.17, 15) is 4.79 Å². The summed E-state index contributed by atoms with van der Waals surface area (Å²) in [4.78, 5) is 18.1. The number of hydrogen-bond donors (Lipinski definition) is 0. The molecule has 0 aromatic heterocycles. The van der Waals surface area contributed by atoms with Crippen LogP contribution in [0.4, 0.5) is 5.69 Å². The molecule has 4 heteroatoms. The number of anilines is 1. The molecular formula is C29H31ClN2O. The van der Waals surface area contributed by atoms with Gasteiger partial charge in [-0.05, 0) is 82.1 Å². The van der Waals surface area contributed by atoms with Crippen LogP contribution in [0, 0.1) is 20.8 Å². The molecule has 2 aliphatic heterocycles. The molecule has 33 heavy (non-hydrogen) atoms. The van der Waals surface area contributed by atoms with Gasteiger partial charge in [-0.3, -0.25) is 9.69 Å². The van der Waals surface area contributed by atoms with Gasteiger partial charge in [0.15, 0.2) is 0 Å². The van der Waals surface area contributed by atoms with Crippen LogP contribution in [0.1, 0.15) is 51.0 Å². The number of fused-ring (bicyclic) bond motifs is 2. The van der Waals surface area contributed by atoms with Gasteiger partial charge >= 0.3 is 0 Å². The van der Waals surface area contributed by atoms with Crippen LogP contribution in [0.15, 0.2) is 60.7 Å². The Labute approximate surface area is 202 Å². The summed E-state index contributed by atoms with van der Waals surface area (Å²) in [6.45, 7) is 10.3. The summed E-state index contributed by atoms with van der Waals surface area (Å²) >= 11 is 6.18. The predicted octanol–water partition coefficient (Wildman–Crippen LogP) is 6.46. The fraction of sp³-hybridized carbons (Fsp3) is 0.345. The van der Waals surface area contributed by atoms with E-state index in [1.165, 1.54) is 27.8 Å². The highest BCUT2D eigenvalue weighted by atomic mass is 35.5. The topological polar surface area (TPSA) is 23.6 Å². The number of aryl methyl sites for hydroxylation is 3. The maximum atomic E-state index is 13.5. The van der Waals surface area contributed by atoms with Gasteiger partial charge in [-0.25, -0.2) is 0 Å². The lowest BCUT2D eigenvalue weighted by molar-refractivity contribution is 0.0975. The zero-order valence-electron chi connectivity index (χ0n) is 19.7. The van der Waals surface area contributed by atoms with E-state index in [-0.39, 0.29) is 11.3 Å². The number of hydrogen-bond acceptors (Lipinski definition) is 2. The van der Waals surface area contributed by atoms with Gasteiger partial charge in [0.2, 0.25) is 0 Å². The van der Waals surface area contributed by atoms with Gasteiger partial charge in [0, 0.05) is 34.8 Å². The van der Waals surface area contributed by atoms with Gasteiger partial charge < -0.3 is 4.90 Å². The smallest absolute Gasteiger partial charge is 0.258 e. The van der Waals surface area contributed by atoms with E-state index >= 15 is 0 Å². The van der Waals surface area contributed by atoms with Crippen LogP contribution in [0.3, 0.4) is 0 Å². The van der Waals surface area contributed by atoms with Crippen molar-refractivity contribution in [2.45, 2.75) is 45.6 Å². The molecule has 1 amide bonds. The summed E-state index contributed by atoms with van der Waals surface area (Å²) in [5.41, 5.74) is 8.37. The Bertz CT molecular complexity index is 1190. The van der Waals surface area contributed by atoms with Crippen molar-refractivity contribution in [1.29, 1.82) is 0 Å². The van der Waals surface area contributed by atoms with Gasteiger partial charge in [0.25, 0.3) is 5.91 Å². The van der Waals surface area contributed by atoms with E-state index in [2.05, 4.69) is 62.1 Å². The predicted molar refractivity (Wildman–Crippen MR) is 136 cm³/mol. The average molecular weight is 459 g/mol. The lowest BCUT2D eigenvalue weighted by atomic mass is 9.74. The molecule has 1 fully saturated rings. The number of halogens is 1. The Hall–Kier alpha value is -2.62. The number of amides is 1. The third-order valence-corrected chi connectivity index (χ3v) is 7.53. The number of carbonyl (C=O) groups excluding carboxylic acids is 1. The minimum Gasteiger partial charge on any atom is -0.307 e. The number of rotatable bonds is 3. The fourth-order valence-electron chi connectivity index (χ4n) is 5.73. The van der Waals surface area contributed by atoms with Crippen molar-refractivity contribution in [2.24, 2.45) is 0 Å². The number of piperidine rings is 1. The van der Waals surface area contributed by atoms with E-state index in [1.807, 2.05) is 23.1 Å². The van der Waals surface area contributed by atoms with E-state index < -0.39 is 0 Å². The first kappa shape index (κ1) is 22.2. The van der Waals surface area contributed by atoms with Crippen LogP contribution in [0.25, 0.3) is 0 Å². The maximum Gasteiger partial charge on any atom is 0.258 e. The SMILES string of the molecule is Cc1cc(C)cc(CN2CCC3(CC2)CN(C(=O)c2cccc(Cl)c2)c2ccc(C)cc23)c1. The average Bonchev–Trinajstić information content (AvgIpc) is 3.07. The first-order chi connectivity index (χ1) is 15.8. The first-order valence-electron chi connectivity index (χ1n) is 11.8. The Morgan fingerprint density at radius 3 is 2.33 bits per heavy atom. The second kappa shape index (κ2) is 8.62. The number of likely N-dealkylation sites (tertiary alicyclic amines) is 1. The lowest BCUT2D eigenvalue weighted by Crippen LogP contribution is -2.45. The second-order valence-corrected chi connectivity index (χ2v) is 10.4. The Morgan fingerprint density at radius 1 is 0.909 bits per heavy atom. The highest BCUT2D eigenvalue weighted by molar-refractivity contribution is 6.31. The molecule has 1 saturated heterocycles. The monoisotopic (exact) mass is 458 g/mol. The van der Waals surface area contributed by atoms with Gasteiger partial charge in [0.1, 0.15) is 0 Å². The van der Waals surface area contributed by atoms with Crippen LogP contribution < -0.4 is 4.90 Å². The van der Waals surface area contributed by atoms with Crippen LogP contribution in [0.2, 0.25) is 5.02 Å². The molecule has 3 nitrogen and oxygen atoms in total. The molecule has 0 radical (unpaired) electrons. The molecule has 3 aromatic carbocycles. The first-order valence-corrected chi connectivity index (χ1v) is 12.2. The summed E-state index contributed by atoms with van der Waals surface area (Å²) in [7, 11) is 0. The van der Waals surface area contributed by atoms with Crippen molar-refractivity contribution >= 4 is 23.2 Å². The molecule has 2 aliphatic rings. The van der Waals surface area contributed by atoms with Crippen molar-refractivity contribution in [3.63, 3.8) is 0 Å². The Balaban J connectivity index is 1.39. The normalized spacial score (nSPS) is 17.4. The van der Waals surface area contributed by atoms with Crippen molar-refractivity contribution in [1.82, 2.24) is 4.90 Å². The largest absolute Gasteiger partial charge is 0.307 e. The van der Waals surface area contributed by atoms with E-state index in [4.69, 9.17) is 11.6 Å². The molecule has 3 aromatic rings. The Morgan fingerprint density at radius 2 is 1.64 bits per heavy atom. The van der Waals surface area contributed by atoms with Gasteiger partial charge in [-0.15, -0.1) is 0 Å². The van der Waals surface area contributed by atoms with Crippen LogP contribution in [-0.2, 0) is 12.0 Å². The summed E-state index contributed by atoms with van der Waals surface area (Å²) in [5.74, 6) is 0.0390. The summed E-state index contributed by atoms with van der Waals surface area (Å²) < 4.78 is 0. The van der Waals surface area contributed by atoms with E-state index in [1.54, 1.807) is 6.07 Å². The number of benzene rings is 3. The van der Waals surface area contributed by atoms with Crippen molar-refractivity contribution in [3.05, 3.63) is 99.1 Å². The van der Waals surface area contributed by atoms with Gasteiger partial charge in [-0.1, -0.05) is 64.7 Å². The van der Waals surface area contributed by atoms with Crippen molar-refractivity contribution < 1.29 is 4.79 Å². The molecule has 170 valence electrons. The standard InChI is InChI=1S/C29H31ClN2O/c1-20-7-8-27-26(16-20)29(19-32(27)28(33)24-5-4-6-25(30)17-24)9-11-31(12-10-29)18-23-14-21(2)13-22(3)15-23/h4-8,13-17H,9-12,18-19H2,1-3H3. The summed E-state index contributed by atoms with van der Waals surface area (Å²) in [5, 5.41) is 0.596. The maximum absolute atomic E-state index is 13.5. The fourth-order valence-corrected chi connectivity index (χ4v) is 5.92. The minimum absolute atomic E-state index is 0.0224.